The SMILES string of the molecule is CCCCCC(O)Cc1c(Br)c(C)nn1C. The maximum Gasteiger partial charge on any atom is 0.0738 e. The number of unbranched alkanes of at least 4 members (excludes halogenated alkanes) is 2. The average Bonchev–Trinajstić information content (AvgIpc) is 2.46. The van der Waals surface area contributed by atoms with Crippen molar-refractivity contribution < 1.29 is 5.11 Å². The standard InChI is InChI=1S/C12H21BrN2O/c1-4-5-6-7-10(16)8-11-12(13)9(2)14-15(11)3/h10,16H,4-8H2,1-3H3. The quantitative estimate of drug-likeness (QED) is 0.818. The molecule has 1 unspecified atom stereocenters. The number of nitrogens with zero attached hydrogens (tertiary/aromatic N) is 2. The van der Waals surface area contributed by atoms with E-state index in [-0.39, 0.29) is 6.10 Å². The van der Waals surface area contributed by atoms with Crippen LogP contribution < -0.4 is 0 Å². The van der Waals surface area contributed by atoms with E-state index in [9.17, 15) is 5.11 Å². The minimum Gasteiger partial charge on any atom is -0.393 e. The highest BCUT2D eigenvalue weighted by Gasteiger charge is 2.14. The Balaban J connectivity index is 2.52. The molecule has 0 saturated carbocycles. The van der Waals surface area contributed by atoms with E-state index in [1.54, 1.807) is 0 Å². The van der Waals surface area contributed by atoms with E-state index in [2.05, 4.69) is 28.0 Å². The van der Waals surface area contributed by atoms with Gasteiger partial charge in [-0.1, -0.05) is 26.2 Å². The van der Waals surface area contributed by atoms with Crippen molar-refractivity contribution in [2.45, 2.75) is 52.1 Å². The van der Waals surface area contributed by atoms with E-state index in [0.717, 1.165) is 28.7 Å². The molecule has 0 saturated heterocycles. The van der Waals surface area contributed by atoms with Crippen LogP contribution in [0.5, 0.6) is 0 Å². The van der Waals surface area contributed by atoms with Crippen molar-refractivity contribution in [3.63, 3.8) is 0 Å². The predicted molar refractivity (Wildman–Crippen MR) is 69.5 cm³/mol. The second-order valence-electron chi connectivity index (χ2n) is 4.32. The summed E-state index contributed by atoms with van der Waals surface area (Å²) in [6.07, 6.45) is 4.81. The zero-order chi connectivity index (χ0) is 12.1. The normalized spacial score (nSPS) is 13.1. The highest BCUT2D eigenvalue weighted by molar-refractivity contribution is 9.10. The molecule has 0 spiro atoms. The van der Waals surface area contributed by atoms with Crippen LogP contribution in [0.2, 0.25) is 0 Å². The Labute approximate surface area is 106 Å². The molecule has 1 atom stereocenters. The average molecular weight is 289 g/mol. The fourth-order valence-electron chi connectivity index (χ4n) is 1.86. The largest absolute Gasteiger partial charge is 0.393 e. The third-order valence-corrected chi connectivity index (χ3v) is 3.86. The molecule has 0 aliphatic heterocycles. The van der Waals surface area contributed by atoms with Gasteiger partial charge in [-0.15, -0.1) is 0 Å². The fraction of sp³-hybridized carbons (Fsp3) is 0.750. The lowest BCUT2D eigenvalue weighted by Gasteiger charge is -2.10. The van der Waals surface area contributed by atoms with Gasteiger partial charge >= 0.3 is 0 Å². The summed E-state index contributed by atoms with van der Waals surface area (Å²) in [7, 11) is 1.92. The minimum atomic E-state index is -0.252. The molecule has 0 radical (unpaired) electrons. The van der Waals surface area contributed by atoms with Crippen molar-refractivity contribution in [3.8, 4) is 0 Å². The number of hydrogen-bond donors (Lipinski definition) is 1. The topological polar surface area (TPSA) is 38.1 Å². The predicted octanol–water partition coefficient (Wildman–Crippen LogP) is 2.97. The van der Waals surface area contributed by atoms with Crippen LogP contribution in [0.3, 0.4) is 0 Å². The van der Waals surface area contributed by atoms with Crippen LogP contribution in [-0.2, 0) is 13.5 Å². The van der Waals surface area contributed by atoms with Crippen LogP contribution >= 0.6 is 15.9 Å². The lowest BCUT2D eigenvalue weighted by molar-refractivity contribution is 0.158. The molecule has 0 fully saturated rings. The summed E-state index contributed by atoms with van der Waals surface area (Å²) < 4.78 is 2.88. The Morgan fingerprint density at radius 1 is 1.44 bits per heavy atom. The van der Waals surface area contributed by atoms with Gasteiger partial charge in [0.25, 0.3) is 0 Å². The third kappa shape index (κ3) is 3.59. The molecule has 1 rings (SSSR count). The summed E-state index contributed by atoms with van der Waals surface area (Å²) in [6.45, 7) is 4.14. The number of aliphatic hydroxyl groups excluding tert-OH is 1. The Bertz CT molecular complexity index is 336. The molecule has 1 aromatic rings. The van der Waals surface area contributed by atoms with Crippen molar-refractivity contribution in [1.29, 1.82) is 0 Å². The lowest BCUT2D eigenvalue weighted by Crippen LogP contribution is -2.13. The smallest absolute Gasteiger partial charge is 0.0738 e. The molecule has 0 amide bonds. The van der Waals surface area contributed by atoms with Gasteiger partial charge in [0.1, 0.15) is 0 Å². The molecule has 3 nitrogen and oxygen atoms in total. The van der Waals surface area contributed by atoms with Gasteiger partial charge in [0.05, 0.1) is 22.0 Å². The highest BCUT2D eigenvalue weighted by Crippen LogP contribution is 2.22. The Hall–Kier alpha value is -0.350. The number of halogens is 1. The lowest BCUT2D eigenvalue weighted by atomic mass is 10.1. The molecule has 0 aromatic carbocycles. The first-order valence-corrected chi connectivity index (χ1v) is 6.71. The van der Waals surface area contributed by atoms with E-state index < -0.39 is 0 Å². The number of aryl methyl sites for hydroxylation is 2. The van der Waals surface area contributed by atoms with E-state index in [4.69, 9.17) is 0 Å². The van der Waals surface area contributed by atoms with Gasteiger partial charge in [-0.2, -0.15) is 5.10 Å². The second-order valence-corrected chi connectivity index (χ2v) is 5.12. The van der Waals surface area contributed by atoms with Crippen molar-refractivity contribution >= 4 is 15.9 Å². The van der Waals surface area contributed by atoms with Crippen molar-refractivity contribution in [1.82, 2.24) is 9.78 Å². The van der Waals surface area contributed by atoms with Crippen LogP contribution in [0.25, 0.3) is 0 Å². The van der Waals surface area contributed by atoms with E-state index >= 15 is 0 Å². The fourth-order valence-corrected chi connectivity index (χ4v) is 2.35. The van der Waals surface area contributed by atoms with Crippen LogP contribution in [0.4, 0.5) is 0 Å². The number of aromatic nitrogens is 2. The summed E-state index contributed by atoms with van der Waals surface area (Å²) >= 11 is 3.52. The van der Waals surface area contributed by atoms with Crippen LogP contribution in [0, 0.1) is 6.92 Å². The van der Waals surface area contributed by atoms with Gasteiger partial charge in [0, 0.05) is 13.5 Å². The first-order chi connectivity index (χ1) is 7.56. The zero-order valence-corrected chi connectivity index (χ0v) is 11.9. The van der Waals surface area contributed by atoms with Gasteiger partial charge < -0.3 is 5.11 Å². The molecule has 1 aromatic heterocycles. The summed E-state index contributed by atoms with van der Waals surface area (Å²) in [5, 5.41) is 14.2. The van der Waals surface area contributed by atoms with E-state index in [1.165, 1.54) is 12.8 Å². The highest BCUT2D eigenvalue weighted by atomic mass is 79.9. The summed E-state index contributed by atoms with van der Waals surface area (Å²) in [5.74, 6) is 0. The summed E-state index contributed by atoms with van der Waals surface area (Å²) in [4.78, 5) is 0. The Morgan fingerprint density at radius 3 is 2.62 bits per heavy atom. The van der Waals surface area contributed by atoms with Gasteiger partial charge in [-0.25, -0.2) is 0 Å². The molecule has 92 valence electrons. The van der Waals surface area contributed by atoms with Crippen LogP contribution in [0.1, 0.15) is 44.0 Å². The number of aliphatic hydroxyl groups is 1. The van der Waals surface area contributed by atoms with Gasteiger partial charge in [-0.05, 0) is 29.3 Å². The van der Waals surface area contributed by atoms with Gasteiger partial charge in [0.2, 0.25) is 0 Å². The monoisotopic (exact) mass is 288 g/mol. The first-order valence-electron chi connectivity index (χ1n) is 5.92. The number of hydrogen-bond acceptors (Lipinski definition) is 2. The molecule has 0 bridgehead atoms. The van der Waals surface area contributed by atoms with Gasteiger partial charge in [-0.3, -0.25) is 4.68 Å². The van der Waals surface area contributed by atoms with E-state index in [0.29, 0.717) is 6.42 Å². The molecular formula is C12H21BrN2O. The summed E-state index contributed by atoms with van der Waals surface area (Å²) in [6, 6.07) is 0. The summed E-state index contributed by atoms with van der Waals surface area (Å²) in [5.41, 5.74) is 2.07. The molecule has 0 aliphatic rings. The maximum absolute atomic E-state index is 9.93. The third-order valence-electron chi connectivity index (χ3n) is 2.83. The first kappa shape index (κ1) is 13.7. The maximum atomic E-state index is 9.93. The molecular weight excluding hydrogens is 268 g/mol. The van der Waals surface area contributed by atoms with Crippen LogP contribution in [0.15, 0.2) is 4.47 Å². The van der Waals surface area contributed by atoms with Crippen LogP contribution in [-0.4, -0.2) is 21.0 Å². The molecule has 0 aliphatic carbocycles. The Kier molecular flexibility index (Phi) is 5.49. The zero-order valence-electron chi connectivity index (χ0n) is 10.3. The second kappa shape index (κ2) is 6.40. The molecule has 16 heavy (non-hydrogen) atoms. The van der Waals surface area contributed by atoms with Crippen molar-refractivity contribution in [3.05, 3.63) is 15.9 Å². The molecule has 1 heterocycles. The van der Waals surface area contributed by atoms with E-state index in [1.807, 2.05) is 18.7 Å². The minimum absolute atomic E-state index is 0.252. The van der Waals surface area contributed by atoms with Crippen molar-refractivity contribution in [2.24, 2.45) is 7.05 Å². The molecule has 1 N–H and O–H groups in total. The van der Waals surface area contributed by atoms with Gasteiger partial charge in [0.15, 0.2) is 0 Å². The van der Waals surface area contributed by atoms with Crippen molar-refractivity contribution in [2.75, 3.05) is 0 Å². The molecule has 4 heteroatoms. The number of rotatable bonds is 6. The Morgan fingerprint density at radius 2 is 2.12 bits per heavy atom.